The van der Waals surface area contributed by atoms with E-state index in [-0.39, 0.29) is 0 Å². The summed E-state index contributed by atoms with van der Waals surface area (Å²) in [6, 6.07) is 0. The highest BCUT2D eigenvalue weighted by Gasteiger charge is 2.04. The molecule has 39 valence electrons. The Morgan fingerprint density at radius 3 is 2.86 bits per heavy atom. The Balaban J connectivity index is 2.26. The largest absolute Gasteiger partial charge is 0.296 e. The standard InChI is InChI=1S/C4H7N2S/c7-4-6-3-1-2-5-6/h5H,1-3H2. The minimum absolute atomic E-state index is 1.02. The molecule has 0 bridgehead atoms. The molecule has 1 N–H and O–H groups in total. The van der Waals surface area contributed by atoms with Crippen LogP contribution in [0.1, 0.15) is 6.42 Å². The van der Waals surface area contributed by atoms with Gasteiger partial charge in [0.2, 0.25) is 0 Å². The van der Waals surface area contributed by atoms with E-state index in [0.717, 1.165) is 13.1 Å². The van der Waals surface area contributed by atoms with Crippen molar-refractivity contribution in [3.8, 4) is 0 Å². The van der Waals surface area contributed by atoms with Gasteiger partial charge < -0.3 is 0 Å². The third kappa shape index (κ3) is 1.11. The molecule has 1 saturated heterocycles. The van der Waals surface area contributed by atoms with Crippen molar-refractivity contribution in [3.63, 3.8) is 0 Å². The molecule has 3 heteroatoms. The van der Waals surface area contributed by atoms with Gasteiger partial charge in [-0.1, -0.05) is 12.2 Å². The van der Waals surface area contributed by atoms with Crippen LogP contribution >= 0.6 is 12.2 Å². The fraction of sp³-hybridized carbons (Fsp3) is 0.750. The van der Waals surface area contributed by atoms with E-state index in [4.69, 9.17) is 0 Å². The molecule has 1 rings (SSSR count). The molecule has 1 aliphatic rings. The Labute approximate surface area is 48.5 Å². The van der Waals surface area contributed by atoms with E-state index >= 15 is 0 Å². The Morgan fingerprint density at radius 2 is 2.57 bits per heavy atom. The molecule has 1 radical (unpaired) electrons. The molecule has 0 aromatic heterocycles. The van der Waals surface area contributed by atoms with Crippen molar-refractivity contribution in [2.24, 2.45) is 0 Å². The lowest BCUT2D eigenvalue weighted by Gasteiger charge is -2.05. The summed E-state index contributed by atoms with van der Waals surface area (Å²) in [5, 5.41) is 1.80. The summed E-state index contributed by atoms with van der Waals surface area (Å²) < 4.78 is 0. The quantitative estimate of drug-likeness (QED) is 0.485. The Hall–Kier alpha value is -0.150. The van der Waals surface area contributed by atoms with Gasteiger partial charge in [0.15, 0.2) is 5.49 Å². The number of hydrogen-bond donors (Lipinski definition) is 1. The zero-order valence-electron chi connectivity index (χ0n) is 3.98. The van der Waals surface area contributed by atoms with Gasteiger partial charge in [-0.3, -0.25) is 5.01 Å². The van der Waals surface area contributed by atoms with Gasteiger partial charge >= 0.3 is 0 Å². The molecular formula is C4H7N2S. The second kappa shape index (κ2) is 2.23. The Kier molecular flexibility index (Phi) is 1.59. The van der Waals surface area contributed by atoms with Crippen LogP contribution in [0.5, 0.6) is 0 Å². The van der Waals surface area contributed by atoms with E-state index in [2.05, 4.69) is 23.1 Å². The molecule has 0 aromatic rings. The van der Waals surface area contributed by atoms with E-state index in [1.165, 1.54) is 6.42 Å². The maximum Gasteiger partial charge on any atom is 0.152 e. The molecule has 7 heavy (non-hydrogen) atoms. The first-order valence-corrected chi connectivity index (χ1v) is 2.73. The first-order chi connectivity index (χ1) is 3.43. The predicted octanol–water partition coefficient (Wildman–Crippen LogP) is 0.0309. The van der Waals surface area contributed by atoms with Gasteiger partial charge in [-0.2, -0.15) is 0 Å². The molecule has 1 heterocycles. The van der Waals surface area contributed by atoms with Crippen molar-refractivity contribution < 1.29 is 0 Å². The number of nitrogens with one attached hydrogen (secondary N) is 1. The summed E-state index contributed by atoms with van der Waals surface area (Å²) in [6.45, 7) is 2.06. The summed E-state index contributed by atoms with van der Waals surface area (Å²) in [5.74, 6) is 0. The van der Waals surface area contributed by atoms with Crippen LogP contribution in [-0.2, 0) is 0 Å². The molecule has 0 spiro atoms. The van der Waals surface area contributed by atoms with Gasteiger partial charge in [-0.05, 0) is 6.42 Å². The van der Waals surface area contributed by atoms with Gasteiger partial charge in [0.05, 0.1) is 0 Å². The van der Waals surface area contributed by atoms with Crippen molar-refractivity contribution in [2.75, 3.05) is 13.1 Å². The second-order valence-electron chi connectivity index (χ2n) is 1.50. The van der Waals surface area contributed by atoms with Crippen LogP contribution in [0.15, 0.2) is 0 Å². The van der Waals surface area contributed by atoms with Crippen LogP contribution in [0.25, 0.3) is 0 Å². The molecule has 0 aliphatic carbocycles. The monoisotopic (exact) mass is 115 g/mol. The minimum Gasteiger partial charge on any atom is -0.296 e. The summed E-state index contributed by atoms with van der Waals surface area (Å²) in [4.78, 5) is 0. The fourth-order valence-corrected chi connectivity index (χ4v) is 0.764. The van der Waals surface area contributed by atoms with Crippen LogP contribution < -0.4 is 5.43 Å². The third-order valence-corrected chi connectivity index (χ3v) is 1.19. The van der Waals surface area contributed by atoms with Crippen LogP contribution in [0, 0.1) is 0 Å². The van der Waals surface area contributed by atoms with Gasteiger partial charge in [-0.15, -0.1) is 0 Å². The number of hydrogen-bond acceptors (Lipinski definition) is 2. The normalized spacial score (nSPS) is 20.3. The lowest BCUT2D eigenvalue weighted by atomic mass is 10.5. The van der Waals surface area contributed by atoms with Crippen molar-refractivity contribution in [1.29, 1.82) is 0 Å². The van der Waals surface area contributed by atoms with Crippen LogP contribution in [0.2, 0.25) is 0 Å². The summed E-state index contributed by atoms with van der Waals surface area (Å²) in [6.07, 6.45) is 1.18. The topological polar surface area (TPSA) is 15.3 Å². The van der Waals surface area contributed by atoms with Gasteiger partial charge in [0, 0.05) is 13.1 Å². The van der Waals surface area contributed by atoms with E-state index in [9.17, 15) is 0 Å². The predicted molar refractivity (Wildman–Crippen MR) is 31.9 cm³/mol. The lowest BCUT2D eigenvalue weighted by molar-refractivity contribution is 0.423. The Morgan fingerprint density at radius 1 is 1.71 bits per heavy atom. The van der Waals surface area contributed by atoms with Gasteiger partial charge in [-0.25, -0.2) is 5.43 Å². The maximum atomic E-state index is 4.53. The zero-order valence-corrected chi connectivity index (χ0v) is 4.79. The van der Waals surface area contributed by atoms with E-state index in [1.54, 1.807) is 5.01 Å². The average Bonchev–Trinajstić information content (AvgIpc) is 2.14. The molecule has 0 saturated carbocycles. The SMILES string of the molecule is S=[C]N1CCCN1. The number of nitrogens with zero attached hydrogens (tertiary/aromatic N) is 1. The van der Waals surface area contributed by atoms with E-state index in [0.29, 0.717) is 0 Å². The highest BCUT2D eigenvalue weighted by atomic mass is 32.1. The van der Waals surface area contributed by atoms with Crippen molar-refractivity contribution >= 4 is 17.7 Å². The van der Waals surface area contributed by atoms with E-state index in [1.807, 2.05) is 0 Å². The summed E-state index contributed by atoms with van der Waals surface area (Å²) >= 11 is 4.53. The number of thiocarbonyl (C=S) groups is 1. The average molecular weight is 115 g/mol. The summed E-state index contributed by atoms with van der Waals surface area (Å²) in [5.41, 5.74) is 5.59. The smallest absolute Gasteiger partial charge is 0.152 e. The summed E-state index contributed by atoms with van der Waals surface area (Å²) in [7, 11) is 0. The zero-order chi connectivity index (χ0) is 5.11. The molecular weight excluding hydrogens is 108 g/mol. The molecule has 1 aliphatic heterocycles. The number of hydrazine groups is 1. The molecule has 0 amide bonds. The molecule has 0 unspecified atom stereocenters. The molecule has 0 atom stereocenters. The fourth-order valence-electron chi connectivity index (χ4n) is 0.608. The van der Waals surface area contributed by atoms with Crippen LogP contribution in [0.4, 0.5) is 0 Å². The van der Waals surface area contributed by atoms with Crippen LogP contribution in [-0.4, -0.2) is 23.6 Å². The van der Waals surface area contributed by atoms with Crippen molar-refractivity contribution in [1.82, 2.24) is 10.4 Å². The van der Waals surface area contributed by atoms with E-state index < -0.39 is 0 Å². The second-order valence-corrected chi connectivity index (χ2v) is 1.69. The van der Waals surface area contributed by atoms with Crippen molar-refractivity contribution in [3.05, 3.63) is 0 Å². The molecule has 2 nitrogen and oxygen atoms in total. The highest BCUT2D eigenvalue weighted by molar-refractivity contribution is 7.78. The maximum absolute atomic E-state index is 4.53. The first kappa shape index (κ1) is 5.00. The Bertz CT molecular complexity index is 68.1. The van der Waals surface area contributed by atoms with Gasteiger partial charge in [0.1, 0.15) is 0 Å². The van der Waals surface area contributed by atoms with Crippen molar-refractivity contribution in [2.45, 2.75) is 6.42 Å². The molecule has 0 aromatic carbocycles. The number of rotatable bonds is 1. The molecule has 1 fully saturated rings. The lowest BCUT2D eigenvalue weighted by Crippen LogP contribution is -2.27. The van der Waals surface area contributed by atoms with Gasteiger partial charge in [0.25, 0.3) is 0 Å². The first-order valence-electron chi connectivity index (χ1n) is 2.32. The third-order valence-electron chi connectivity index (χ3n) is 0.971. The highest BCUT2D eigenvalue weighted by Crippen LogP contribution is 1.90. The minimum atomic E-state index is 1.02. The van der Waals surface area contributed by atoms with Crippen LogP contribution in [0.3, 0.4) is 0 Å².